The molecule has 0 aromatic rings. The van der Waals surface area contributed by atoms with E-state index in [1.807, 2.05) is 6.92 Å². The molecule has 0 bridgehead atoms. The molecule has 0 aromatic carbocycles. The zero-order valence-corrected chi connectivity index (χ0v) is 22.8. The fraction of sp³-hybridized carbons (Fsp3) is 0.733. The minimum absolute atomic E-state index is 0.113. The topological polar surface area (TPSA) is 109 Å². The zero-order chi connectivity index (χ0) is 27.0. The van der Waals surface area contributed by atoms with E-state index in [2.05, 4.69) is 27.7 Å². The van der Waals surface area contributed by atoms with Gasteiger partial charge in [-0.25, -0.2) is 4.79 Å². The van der Waals surface area contributed by atoms with Crippen LogP contribution in [0, 0.1) is 45.8 Å². The van der Waals surface area contributed by atoms with Gasteiger partial charge < -0.3 is 10.2 Å². The lowest BCUT2D eigenvalue weighted by Gasteiger charge is -2.60. The summed E-state index contributed by atoms with van der Waals surface area (Å²) in [5, 5.41) is 20.3. The second-order valence-corrected chi connectivity index (χ2v) is 13.2. The van der Waals surface area contributed by atoms with Gasteiger partial charge in [0.25, 0.3) is 0 Å². The maximum absolute atomic E-state index is 13.8. The number of allylic oxidation sites excluding steroid dienone is 3. The van der Waals surface area contributed by atoms with Gasteiger partial charge in [0.1, 0.15) is 11.6 Å². The van der Waals surface area contributed by atoms with Crippen LogP contribution in [0.1, 0.15) is 87.0 Å². The standard InChI is InChI=1S/C30H42O6/c1-15(27(35)36)12-19-18(13-20(32)25(19)17(3)31)16(2)26-21(33)14-23-29(6)11-9-24(34)28(4,5)22(29)8-10-30(23,26)7/h12,18-20,22-23,25,32H,8-11,13-14H2,1-7H3,(H,35,36)/b15-12+,26-16+/t18-,19-,20-,22-,23-,25+,29-,30-/m0/s1. The van der Waals surface area contributed by atoms with E-state index in [1.54, 1.807) is 6.08 Å². The van der Waals surface area contributed by atoms with E-state index in [0.717, 1.165) is 30.4 Å². The minimum atomic E-state index is -1.05. The molecule has 0 radical (unpaired) electrons. The van der Waals surface area contributed by atoms with Crippen molar-refractivity contribution < 1.29 is 29.4 Å². The van der Waals surface area contributed by atoms with Crippen LogP contribution >= 0.6 is 0 Å². The Bertz CT molecular complexity index is 1080. The molecule has 4 fully saturated rings. The van der Waals surface area contributed by atoms with Gasteiger partial charge in [0, 0.05) is 29.4 Å². The van der Waals surface area contributed by atoms with Crippen molar-refractivity contribution in [3.05, 3.63) is 22.8 Å². The van der Waals surface area contributed by atoms with Crippen LogP contribution in [-0.4, -0.2) is 39.6 Å². The summed E-state index contributed by atoms with van der Waals surface area (Å²) in [6.07, 6.45) is 4.61. The van der Waals surface area contributed by atoms with Gasteiger partial charge in [-0.1, -0.05) is 39.3 Å². The summed E-state index contributed by atoms with van der Waals surface area (Å²) < 4.78 is 0. The fourth-order valence-electron chi connectivity index (χ4n) is 9.23. The number of aliphatic hydroxyl groups excluding tert-OH is 1. The predicted octanol–water partition coefficient (Wildman–Crippen LogP) is 4.94. The third kappa shape index (κ3) is 3.77. The third-order valence-electron chi connectivity index (χ3n) is 11.0. The first-order valence-electron chi connectivity index (χ1n) is 13.4. The zero-order valence-electron chi connectivity index (χ0n) is 22.8. The Morgan fingerprint density at radius 1 is 1.00 bits per heavy atom. The summed E-state index contributed by atoms with van der Waals surface area (Å²) in [5.74, 6) is -1.79. The molecule has 0 saturated heterocycles. The number of rotatable bonds is 4. The van der Waals surface area contributed by atoms with E-state index in [0.29, 0.717) is 25.0 Å². The maximum atomic E-state index is 13.8. The molecule has 2 N–H and O–H groups in total. The molecule has 6 nitrogen and oxygen atoms in total. The normalized spacial score (nSPS) is 43.7. The van der Waals surface area contributed by atoms with Crippen molar-refractivity contribution >= 4 is 23.3 Å². The number of Topliss-reactive ketones (excluding diaryl/α,β-unsaturated/α-hetero) is 3. The SMILES string of the molecule is CC(=O)[C@@H]1[C@@H](/C=C(\C)C(=O)O)[C@H](/C(C)=C2\C(=O)C[C@H]3[C@@]4(C)CCC(=O)C(C)(C)[C@@H]4CC[C@]23C)C[C@@H]1O. The first-order chi connectivity index (χ1) is 16.6. The molecule has 0 aliphatic heterocycles. The highest BCUT2D eigenvalue weighted by molar-refractivity contribution is 6.00. The molecule has 4 aliphatic carbocycles. The molecular formula is C30H42O6. The second kappa shape index (κ2) is 8.75. The Hall–Kier alpha value is -2.08. The molecule has 0 heterocycles. The summed E-state index contributed by atoms with van der Waals surface area (Å²) in [7, 11) is 0. The number of ketones is 3. The molecule has 36 heavy (non-hydrogen) atoms. The summed E-state index contributed by atoms with van der Waals surface area (Å²) >= 11 is 0. The number of carbonyl (C=O) groups is 4. The van der Waals surface area contributed by atoms with Gasteiger partial charge >= 0.3 is 5.97 Å². The van der Waals surface area contributed by atoms with E-state index in [9.17, 15) is 29.4 Å². The average molecular weight is 499 g/mol. The van der Waals surface area contributed by atoms with Gasteiger partial charge in [-0.15, -0.1) is 0 Å². The lowest BCUT2D eigenvalue weighted by atomic mass is 9.43. The third-order valence-corrected chi connectivity index (χ3v) is 11.0. The molecule has 4 rings (SSSR count). The van der Waals surface area contributed by atoms with Crippen LogP contribution in [0.2, 0.25) is 0 Å². The summed E-state index contributed by atoms with van der Waals surface area (Å²) in [6.45, 7) is 13.5. The highest BCUT2D eigenvalue weighted by atomic mass is 16.4. The predicted molar refractivity (Wildman–Crippen MR) is 136 cm³/mol. The van der Waals surface area contributed by atoms with Crippen molar-refractivity contribution in [3.8, 4) is 0 Å². The van der Waals surface area contributed by atoms with Crippen LogP contribution in [0.25, 0.3) is 0 Å². The number of carbonyl (C=O) groups excluding carboxylic acids is 3. The van der Waals surface area contributed by atoms with E-state index >= 15 is 0 Å². The summed E-state index contributed by atoms with van der Waals surface area (Å²) in [4.78, 5) is 50.7. The van der Waals surface area contributed by atoms with Crippen LogP contribution in [0.15, 0.2) is 22.8 Å². The Morgan fingerprint density at radius 3 is 2.22 bits per heavy atom. The van der Waals surface area contributed by atoms with Crippen molar-refractivity contribution in [1.29, 1.82) is 0 Å². The van der Waals surface area contributed by atoms with Crippen molar-refractivity contribution in [2.45, 2.75) is 93.1 Å². The van der Waals surface area contributed by atoms with E-state index < -0.39 is 29.3 Å². The lowest BCUT2D eigenvalue weighted by molar-refractivity contribution is -0.154. The molecule has 0 spiro atoms. The smallest absolute Gasteiger partial charge is 0.330 e. The van der Waals surface area contributed by atoms with Gasteiger partial charge in [0.2, 0.25) is 0 Å². The number of hydrogen-bond acceptors (Lipinski definition) is 5. The van der Waals surface area contributed by atoms with Crippen LogP contribution in [0.3, 0.4) is 0 Å². The molecule has 4 aliphatic rings. The Kier molecular flexibility index (Phi) is 6.55. The molecule has 0 amide bonds. The molecule has 8 atom stereocenters. The molecule has 198 valence electrons. The molecular weight excluding hydrogens is 456 g/mol. The quantitative estimate of drug-likeness (QED) is 0.532. The maximum Gasteiger partial charge on any atom is 0.330 e. The largest absolute Gasteiger partial charge is 0.478 e. The molecule has 0 unspecified atom stereocenters. The second-order valence-electron chi connectivity index (χ2n) is 13.2. The Morgan fingerprint density at radius 2 is 1.64 bits per heavy atom. The van der Waals surface area contributed by atoms with Gasteiger partial charge in [-0.3, -0.25) is 14.4 Å². The summed E-state index contributed by atoms with van der Waals surface area (Å²) in [5.41, 5.74) is 1.03. The fourth-order valence-corrected chi connectivity index (χ4v) is 9.23. The Balaban J connectivity index is 1.79. The highest BCUT2D eigenvalue weighted by Crippen LogP contribution is 2.69. The number of fused-ring (bicyclic) bond motifs is 3. The number of aliphatic hydroxyl groups is 1. The minimum Gasteiger partial charge on any atom is -0.478 e. The van der Waals surface area contributed by atoms with Crippen LogP contribution in [-0.2, 0) is 19.2 Å². The van der Waals surface area contributed by atoms with E-state index in [1.165, 1.54) is 13.8 Å². The van der Waals surface area contributed by atoms with Gasteiger partial charge in [-0.2, -0.15) is 0 Å². The number of hydrogen-bond donors (Lipinski definition) is 2. The monoisotopic (exact) mass is 498 g/mol. The van der Waals surface area contributed by atoms with E-state index in [-0.39, 0.29) is 45.7 Å². The van der Waals surface area contributed by atoms with Crippen LogP contribution in [0.5, 0.6) is 0 Å². The number of carboxylic acids is 1. The first-order valence-corrected chi connectivity index (χ1v) is 13.4. The molecule has 0 aromatic heterocycles. The van der Waals surface area contributed by atoms with Crippen LogP contribution in [0.4, 0.5) is 0 Å². The van der Waals surface area contributed by atoms with Crippen LogP contribution < -0.4 is 0 Å². The average Bonchev–Trinajstić information content (AvgIpc) is 3.24. The van der Waals surface area contributed by atoms with Crippen molar-refractivity contribution in [2.75, 3.05) is 0 Å². The van der Waals surface area contributed by atoms with Gasteiger partial charge in [0.15, 0.2) is 5.78 Å². The Labute approximate surface area is 214 Å². The van der Waals surface area contributed by atoms with E-state index in [4.69, 9.17) is 0 Å². The van der Waals surface area contributed by atoms with Crippen molar-refractivity contribution in [3.63, 3.8) is 0 Å². The summed E-state index contributed by atoms with van der Waals surface area (Å²) in [6, 6.07) is 0. The van der Waals surface area contributed by atoms with Crippen molar-refractivity contribution in [1.82, 2.24) is 0 Å². The highest BCUT2D eigenvalue weighted by Gasteiger charge is 2.65. The first kappa shape index (κ1) is 27.0. The number of aliphatic carboxylic acids is 1. The molecule has 6 heteroatoms. The molecule has 4 saturated carbocycles. The number of carboxylic acid groups (broad SMARTS) is 1. The lowest BCUT2D eigenvalue weighted by Crippen LogP contribution is -2.56. The van der Waals surface area contributed by atoms with Crippen molar-refractivity contribution in [2.24, 2.45) is 45.8 Å². The van der Waals surface area contributed by atoms with Gasteiger partial charge in [-0.05, 0) is 81.0 Å². The van der Waals surface area contributed by atoms with Gasteiger partial charge in [0.05, 0.1) is 12.0 Å².